The van der Waals surface area contributed by atoms with Crippen molar-refractivity contribution in [3.63, 3.8) is 0 Å². The van der Waals surface area contributed by atoms with E-state index in [1.807, 2.05) is 16.8 Å². The molecular formula is C15H22Cl2N4OS2. The number of thiophene rings is 1. The van der Waals surface area contributed by atoms with Gasteiger partial charge in [0.05, 0.1) is 17.0 Å². The number of thiazole rings is 1. The molecular weight excluding hydrogens is 387 g/mol. The molecule has 2 N–H and O–H groups in total. The van der Waals surface area contributed by atoms with Crippen LogP contribution in [0.3, 0.4) is 0 Å². The number of rotatable bonds is 6. The lowest BCUT2D eigenvalue weighted by Gasteiger charge is -2.27. The topological polar surface area (TPSA) is 57.3 Å². The summed E-state index contributed by atoms with van der Waals surface area (Å²) < 4.78 is 0. The van der Waals surface area contributed by atoms with Crippen LogP contribution in [0, 0.1) is 0 Å². The Hall–Kier alpha value is -0.700. The van der Waals surface area contributed by atoms with Gasteiger partial charge in [0.25, 0.3) is 0 Å². The number of carbonyl (C=O) groups is 1. The number of hydrogen-bond donors (Lipinski definition) is 2. The summed E-state index contributed by atoms with van der Waals surface area (Å²) in [6, 6.07) is 4.07. The van der Waals surface area contributed by atoms with Crippen LogP contribution >= 0.6 is 47.5 Å². The molecule has 0 spiro atoms. The zero-order chi connectivity index (χ0) is 15.2. The van der Waals surface area contributed by atoms with Gasteiger partial charge in [-0.3, -0.25) is 9.69 Å². The number of nitrogens with zero attached hydrogens (tertiary/aromatic N) is 2. The summed E-state index contributed by atoms with van der Waals surface area (Å²) in [5.74, 6) is 0.0539. The fourth-order valence-electron chi connectivity index (χ4n) is 2.42. The highest BCUT2D eigenvalue weighted by Crippen LogP contribution is 2.27. The van der Waals surface area contributed by atoms with Gasteiger partial charge < -0.3 is 10.6 Å². The fraction of sp³-hybridized carbons (Fsp3) is 0.467. The van der Waals surface area contributed by atoms with Crippen LogP contribution in [-0.4, -0.2) is 55.1 Å². The van der Waals surface area contributed by atoms with Gasteiger partial charge >= 0.3 is 0 Å². The van der Waals surface area contributed by atoms with Gasteiger partial charge in [0.2, 0.25) is 5.91 Å². The Labute approximate surface area is 162 Å². The van der Waals surface area contributed by atoms with Crippen molar-refractivity contribution in [2.75, 3.05) is 39.3 Å². The Kier molecular flexibility index (Phi) is 9.80. The Morgan fingerprint density at radius 2 is 2.08 bits per heavy atom. The third-order valence-corrected chi connectivity index (χ3v) is 5.52. The SMILES string of the molecule is Cl.Cl.O=C(Cc1csc(-c2cccs2)n1)NCCN1CCNCC1. The van der Waals surface area contributed by atoms with Gasteiger partial charge in [-0.05, 0) is 11.4 Å². The number of halogens is 2. The van der Waals surface area contributed by atoms with E-state index in [1.54, 1.807) is 22.7 Å². The Balaban J connectivity index is 0.00000144. The van der Waals surface area contributed by atoms with Crippen molar-refractivity contribution in [1.29, 1.82) is 0 Å². The lowest BCUT2D eigenvalue weighted by molar-refractivity contribution is -0.120. The van der Waals surface area contributed by atoms with Crippen LogP contribution < -0.4 is 10.6 Å². The van der Waals surface area contributed by atoms with Crippen molar-refractivity contribution in [3.8, 4) is 9.88 Å². The van der Waals surface area contributed by atoms with Gasteiger partial charge in [0.1, 0.15) is 5.01 Å². The molecule has 24 heavy (non-hydrogen) atoms. The molecule has 134 valence electrons. The predicted molar refractivity (Wildman–Crippen MR) is 106 cm³/mol. The number of aromatic nitrogens is 1. The van der Waals surface area contributed by atoms with Gasteiger partial charge in [0, 0.05) is 44.6 Å². The Bertz CT molecular complexity index is 600. The van der Waals surface area contributed by atoms with Crippen LogP contribution in [0.1, 0.15) is 5.69 Å². The molecule has 2 aromatic rings. The van der Waals surface area contributed by atoms with Gasteiger partial charge in [-0.1, -0.05) is 6.07 Å². The standard InChI is InChI=1S/C15H20N4OS2.2ClH/c20-14(17-5-8-19-6-3-16-4-7-19)10-12-11-22-15(18-12)13-2-1-9-21-13;;/h1-2,9,11,16H,3-8,10H2,(H,17,20);2*1H. The second-order valence-corrected chi connectivity index (χ2v) is 7.05. The zero-order valence-electron chi connectivity index (χ0n) is 13.2. The molecule has 0 saturated carbocycles. The fourth-order valence-corrected chi connectivity index (χ4v) is 4.05. The highest BCUT2D eigenvalue weighted by Gasteiger charge is 2.11. The van der Waals surface area contributed by atoms with Crippen LogP contribution in [0.2, 0.25) is 0 Å². The molecule has 1 amide bonds. The summed E-state index contributed by atoms with van der Waals surface area (Å²) in [5, 5.41) is 11.3. The summed E-state index contributed by atoms with van der Waals surface area (Å²) in [6.07, 6.45) is 0.365. The van der Waals surface area contributed by atoms with Crippen LogP contribution in [0.4, 0.5) is 0 Å². The molecule has 9 heteroatoms. The molecule has 1 aliphatic rings. The third kappa shape index (κ3) is 6.31. The largest absolute Gasteiger partial charge is 0.354 e. The molecule has 0 unspecified atom stereocenters. The van der Waals surface area contributed by atoms with Crippen molar-refractivity contribution in [3.05, 3.63) is 28.6 Å². The van der Waals surface area contributed by atoms with Crippen molar-refractivity contribution in [2.24, 2.45) is 0 Å². The lowest BCUT2D eigenvalue weighted by atomic mass is 10.3. The minimum absolute atomic E-state index is 0. The van der Waals surface area contributed by atoms with Crippen LogP contribution in [0.15, 0.2) is 22.9 Å². The van der Waals surface area contributed by atoms with E-state index in [-0.39, 0.29) is 30.7 Å². The lowest BCUT2D eigenvalue weighted by Crippen LogP contribution is -2.46. The van der Waals surface area contributed by atoms with Crippen molar-refractivity contribution in [1.82, 2.24) is 20.5 Å². The first-order chi connectivity index (χ1) is 10.8. The summed E-state index contributed by atoms with van der Waals surface area (Å²) in [4.78, 5) is 20.0. The van der Waals surface area contributed by atoms with Gasteiger partial charge in [0.15, 0.2) is 0 Å². The maximum Gasteiger partial charge on any atom is 0.226 e. The molecule has 2 aromatic heterocycles. The van der Waals surface area contributed by atoms with Crippen molar-refractivity contribution in [2.45, 2.75) is 6.42 Å². The molecule has 0 aliphatic carbocycles. The molecule has 0 aromatic carbocycles. The van der Waals surface area contributed by atoms with E-state index in [1.165, 1.54) is 0 Å². The molecule has 1 aliphatic heterocycles. The average molecular weight is 409 g/mol. The first kappa shape index (κ1) is 21.3. The van der Waals surface area contributed by atoms with E-state index in [4.69, 9.17) is 0 Å². The highest BCUT2D eigenvalue weighted by molar-refractivity contribution is 7.20. The van der Waals surface area contributed by atoms with Crippen molar-refractivity contribution < 1.29 is 4.79 Å². The number of piperazine rings is 1. The smallest absolute Gasteiger partial charge is 0.226 e. The van der Waals surface area contributed by atoms with E-state index < -0.39 is 0 Å². The minimum Gasteiger partial charge on any atom is -0.354 e. The van der Waals surface area contributed by atoms with Gasteiger partial charge in [-0.15, -0.1) is 47.5 Å². The van der Waals surface area contributed by atoms with Gasteiger partial charge in [-0.25, -0.2) is 4.98 Å². The monoisotopic (exact) mass is 408 g/mol. The molecule has 0 radical (unpaired) electrons. The summed E-state index contributed by atoms with van der Waals surface area (Å²) in [7, 11) is 0. The molecule has 5 nitrogen and oxygen atoms in total. The van der Waals surface area contributed by atoms with E-state index in [9.17, 15) is 4.79 Å². The van der Waals surface area contributed by atoms with Crippen LogP contribution in [0.5, 0.6) is 0 Å². The van der Waals surface area contributed by atoms with E-state index in [0.29, 0.717) is 13.0 Å². The first-order valence-electron chi connectivity index (χ1n) is 7.49. The zero-order valence-corrected chi connectivity index (χ0v) is 16.5. The average Bonchev–Trinajstić information content (AvgIpc) is 3.19. The summed E-state index contributed by atoms with van der Waals surface area (Å²) in [6.45, 7) is 5.83. The first-order valence-corrected chi connectivity index (χ1v) is 9.25. The number of carbonyl (C=O) groups excluding carboxylic acids is 1. The molecule has 1 fully saturated rings. The molecule has 0 bridgehead atoms. The Morgan fingerprint density at radius 3 is 2.79 bits per heavy atom. The van der Waals surface area contributed by atoms with E-state index in [2.05, 4.69) is 26.6 Å². The number of nitrogens with one attached hydrogen (secondary N) is 2. The van der Waals surface area contributed by atoms with E-state index in [0.717, 1.165) is 48.3 Å². The predicted octanol–water partition coefficient (Wildman–Crippen LogP) is 2.28. The summed E-state index contributed by atoms with van der Waals surface area (Å²) >= 11 is 3.27. The summed E-state index contributed by atoms with van der Waals surface area (Å²) in [5.41, 5.74) is 0.855. The number of hydrogen-bond acceptors (Lipinski definition) is 6. The second-order valence-electron chi connectivity index (χ2n) is 5.24. The quantitative estimate of drug-likeness (QED) is 0.769. The second kappa shape index (κ2) is 11.0. The van der Waals surface area contributed by atoms with E-state index >= 15 is 0 Å². The normalized spacial score (nSPS) is 14.5. The Morgan fingerprint density at radius 1 is 1.29 bits per heavy atom. The third-order valence-electron chi connectivity index (χ3n) is 3.59. The number of amides is 1. The molecule has 3 heterocycles. The minimum atomic E-state index is 0. The molecule has 1 saturated heterocycles. The van der Waals surface area contributed by atoms with Crippen LogP contribution in [-0.2, 0) is 11.2 Å². The van der Waals surface area contributed by atoms with Crippen LogP contribution in [0.25, 0.3) is 9.88 Å². The van der Waals surface area contributed by atoms with Crippen molar-refractivity contribution >= 4 is 53.4 Å². The maximum absolute atomic E-state index is 12.0. The molecule has 0 atom stereocenters. The molecule has 3 rings (SSSR count). The highest BCUT2D eigenvalue weighted by atomic mass is 35.5. The van der Waals surface area contributed by atoms with Gasteiger partial charge in [-0.2, -0.15) is 0 Å². The maximum atomic E-state index is 12.0.